The van der Waals surface area contributed by atoms with Crippen molar-refractivity contribution in [2.75, 3.05) is 0 Å². The first kappa shape index (κ1) is 12.6. The molecule has 3 heteroatoms. The monoisotopic (exact) mass is 248 g/mol. The number of halogens is 2. The molecule has 2 aromatic rings. The maximum absolute atomic E-state index is 13.1. The molecule has 0 heterocycles. The van der Waals surface area contributed by atoms with E-state index in [2.05, 4.69) is 0 Å². The summed E-state index contributed by atoms with van der Waals surface area (Å²) in [5.74, 6) is 0.0388. The average Bonchev–Trinajstić information content (AvgIpc) is 2.32. The highest BCUT2D eigenvalue weighted by atomic mass is 19.1. The number of benzene rings is 2. The van der Waals surface area contributed by atoms with Crippen molar-refractivity contribution in [3.63, 3.8) is 0 Å². The number of ether oxygens (including phenoxy) is 1. The Balaban J connectivity index is 2.13. The van der Waals surface area contributed by atoms with Crippen LogP contribution < -0.4 is 4.74 Å². The van der Waals surface area contributed by atoms with Crippen LogP contribution in [0, 0.1) is 25.5 Å². The molecule has 0 aromatic heterocycles. The van der Waals surface area contributed by atoms with Gasteiger partial charge in [-0.2, -0.15) is 0 Å². The summed E-state index contributed by atoms with van der Waals surface area (Å²) in [6.07, 6.45) is 0. The standard InChI is InChI=1S/C15H14F2O/c1-10-3-4-14(17)8-12(10)9-18-15-6-5-13(16)7-11(15)2/h3-8H,9H2,1-2H3. The van der Waals surface area contributed by atoms with Gasteiger partial charge in [0.25, 0.3) is 0 Å². The van der Waals surface area contributed by atoms with Crippen molar-refractivity contribution >= 4 is 0 Å². The summed E-state index contributed by atoms with van der Waals surface area (Å²) in [4.78, 5) is 0. The third-order valence-electron chi connectivity index (χ3n) is 2.83. The number of aryl methyl sites for hydroxylation is 2. The summed E-state index contributed by atoms with van der Waals surface area (Å²) >= 11 is 0. The van der Waals surface area contributed by atoms with Crippen molar-refractivity contribution in [2.24, 2.45) is 0 Å². The highest BCUT2D eigenvalue weighted by Crippen LogP contribution is 2.20. The first-order valence-corrected chi connectivity index (χ1v) is 5.70. The van der Waals surface area contributed by atoms with E-state index in [9.17, 15) is 8.78 Å². The van der Waals surface area contributed by atoms with Gasteiger partial charge in [-0.05, 0) is 60.9 Å². The summed E-state index contributed by atoms with van der Waals surface area (Å²) in [5.41, 5.74) is 2.49. The van der Waals surface area contributed by atoms with E-state index >= 15 is 0 Å². The second kappa shape index (κ2) is 5.17. The van der Waals surface area contributed by atoms with Gasteiger partial charge in [0.05, 0.1) is 0 Å². The number of hydrogen-bond acceptors (Lipinski definition) is 1. The van der Waals surface area contributed by atoms with E-state index in [1.54, 1.807) is 19.1 Å². The molecule has 18 heavy (non-hydrogen) atoms. The van der Waals surface area contributed by atoms with Crippen molar-refractivity contribution in [3.05, 3.63) is 64.7 Å². The largest absolute Gasteiger partial charge is 0.489 e. The van der Waals surface area contributed by atoms with E-state index in [0.717, 1.165) is 16.7 Å². The van der Waals surface area contributed by atoms with Crippen LogP contribution in [0.3, 0.4) is 0 Å². The van der Waals surface area contributed by atoms with Crippen molar-refractivity contribution in [1.29, 1.82) is 0 Å². The average molecular weight is 248 g/mol. The SMILES string of the molecule is Cc1ccc(F)cc1COc1ccc(F)cc1C. The fourth-order valence-electron chi connectivity index (χ4n) is 1.73. The van der Waals surface area contributed by atoms with E-state index < -0.39 is 0 Å². The molecule has 0 N–H and O–H groups in total. The molecule has 0 unspecified atom stereocenters. The third kappa shape index (κ3) is 2.86. The molecule has 1 nitrogen and oxygen atoms in total. The van der Waals surface area contributed by atoms with E-state index in [4.69, 9.17) is 4.74 Å². The van der Waals surface area contributed by atoms with Crippen LogP contribution in [-0.4, -0.2) is 0 Å². The van der Waals surface area contributed by atoms with Gasteiger partial charge < -0.3 is 4.74 Å². The highest BCUT2D eigenvalue weighted by molar-refractivity contribution is 5.33. The Hall–Kier alpha value is -1.90. The van der Waals surface area contributed by atoms with Crippen LogP contribution in [0.1, 0.15) is 16.7 Å². The quantitative estimate of drug-likeness (QED) is 0.792. The zero-order chi connectivity index (χ0) is 13.1. The lowest BCUT2D eigenvalue weighted by atomic mass is 10.1. The Kier molecular flexibility index (Phi) is 3.60. The second-order valence-electron chi connectivity index (χ2n) is 4.27. The molecule has 0 fully saturated rings. The van der Waals surface area contributed by atoms with Crippen LogP contribution in [0.25, 0.3) is 0 Å². The summed E-state index contributed by atoms with van der Waals surface area (Å²) in [7, 11) is 0. The molecule has 0 aliphatic heterocycles. The summed E-state index contributed by atoms with van der Waals surface area (Å²) in [6.45, 7) is 3.95. The van der Waals surface area contributed by atoms with Gasteiger partial charge in [0.2, 0.25) is 0 Å². The van der Waals surface area contributed by atoms with Crippen LogP contribution in [0.5, 0.6) is 5.75 Å². The lowest BCUT2D eigenvalue weighted by molar-refractivity contribution is 0.302. The summed E-state index contributed by atoms with van der Waals surface area (Å²) in [5, 5.41) is 0. The van der Waals surface area contributed by atoms with Crippen LogP contribution in [-0.2, 0) is 6.61 Å². The Labute approximate surface area is 105 Å². The normalized spacial score (nSPS) is 10.4. The Morgan fingerprint density at radius 3 is 2.28 bits per heavy atom. The lowest BCUT2D eigenvalue weighted by Crippen LogP contribution is -2.00. The van der Waals surface area contributed by atoms with Gasteiger partial charge in [0.15, 0.2) is 0 Å². The van der Waals surface area contributed by atoms with Crippen LogP contribution in [0.2, 0.25) is 0 Å². The van der Waals surface area contributed by atoms with E-state index in [1.807, 2.05) is 6.92 Å². The fourth-order valence-corrected chi connectivity index (χ4v) is 1.73. The fraction of sp³-hybridized carbons (Fsp3) is 0.200. The topological polar surface area (TPSA) is 9.23 Å². The van der Waals surface area contributed by atoms with E-state index in [0.29, 0.717) is 5.75 Å². The third-order valence-corrected chi connectivity index (χ3v) is 2.83. The molecular formula is C15H14F2O. The first-order chi connectivity index (χ1) is 8.56. The maximum atomic E-state index is 13.1. The van der Waals surface area contributed by atoms with Crippen molar-refractivity contribution in [2.45, 2.75) is 20.5 Å². The van der Waals surface area contributed by atoms with Crippen LogP contribution in [0.4, 0.5) is 8.78 Å². The molecule has 0 saturated heterocycles. The van der Waals surface area contributed by atoms with Crippen LogP contribution >= 0.6 is 0 Å². The predicted molar refractivity (Wildman–Crippen MR) is 66.6 cm³/mol. The zero-order valence-electron chi connectivity index (χ0n) is 10.3. The molecule has 2 rings (SSSR count). The molecule has 94 valence electrons. The molecule has 0 saturated carbocycles. The lowest BCUT2D eigenvalue weighted by Gasteiger charge is -2.11. The Bertz CT molecular complexity index is 564. The Morgan fingerprint density at radius 2 is 1.56 bits per heavy atom. The minimum atomic E-state index is -0.290. The molecule has 0 aliphatic carbocycles. The van der Waals surface area contributed by atoms with Gasteiger partial charge in [-0.1, -0.05) is 6.07 Å². The molecule has 0 aliphatic rings. The molecule has 0 amide bonds. The van der Waals surface area contributed by atoms with Crippen molar-refractivity contribution in [1.82, 2.24) is 0 Å². The van der Waals surface area contributed by atoms with Gasteiger partial charge in [0, 0.05) is 0 Å². The summed E-state index contributed by atoms with van der Waals surface area (Å²) in [6, 6.07) is 8.93. The van der Waals surface area contributed by atoms with E-state index in [-0.39, 0.29) is 18.2 Å². The van der Waals surface area contributed by atoms with Crippen LogP contribution in [0.15, 0.2) is 36.4 Å². The van der Waals surface area contributed by atoms with Crippen molar-refractivity contribution in [3.8, 4) is 5.75 Å². The van der Waals surface area contributed by atoms with Gasteiger partial charge in [-0.25, -0.2) is 8.78 Å². The summed E-state index contributed by atoms with van der Waals surface area (Å²) < 4.78 is 31.6. The molecule has 0 spiro atoms. The van der Waals surface area contributed by atoms with Gasteiger partial charge in [-0.15, -0.1) is 0 Å². The molecule has 2 aromatic carbocycles. The number of hydrogen-bond donors (Lipinski definition) is 0. The van der Waals surface area contributed by atoms with Crippen molar-refractivity contribution < 1.29 is 13.5 Å². The Morgan fingerprint density at radius 1 is 0.889 bits per heavy atom. The molecule has 0 radical (unpaired) electrons. The predicted octanol–water partition coefficient (Wildman–Crippen LogP) is 4.16. The highest BCUT2D eigenvalue weighted by Gasteiger charge is 2.04. The first-order valence-electron chi connectivity index (χ1n) is 5.70. The van der Waals surface area contributed by atoms with Gasteiger partial charge in [0.1, 0.15) is 24.0 Å². The van der Waals surface area contributed by atoms with Gasteiger partial charge >= 0.3 is 0 Å². The molecule has 0 bridgehead atoms. The van der Waals surface area contributed by atoms with E-state index in [1.165, 1.54) is 24.3 Å². The second-order valence-corrected chi connectivity index (χ2v) is 4.27. The minimum absolute atomic E-state index is 0.274. The number of rotatable bonds is 3. The molecular weight excluding hydrogens is 234 g/mol. The minimum Gasteiger partial charge on any atom is -0.489 e. The smallest absolute Gasteiger partial charge is 0.123 e. The molecule has 0 atom stereocenters. The maximum Gasteiger partial charge on any atom is 0.123 e. The zero-order valence-corrected chi connectivity index (χ0v) is 10.3. The van der Waals surface area contributed by atoms with Gasteiger partial charge in [-0.3, -0.25) is 0 Å².